The zero-order chi connectivity index (χ0) is 7.72. The van der Waals surface area contributed by atoms with Crippen molar-refractivity contribution in [2.24, 2.45) is 10.7 Å². The van der Waals surface area contributed by atoms with Crippen LogP contribution in [0.5, 0.6) is 0 Å². The molecule has 2 N–H and O–H groups in total. The van der Waals surface area contributed by atoms with Gasteiger partial charge in [0.15, 0.2) is 0 Å². The molecule has 1 aliphatic heterocycles. The summed E-state index contributed by atoms with van der Waals surface area (Å²) in [5.74, 6) is 1.03. The number of aliphatic imine (C=N–C) groups is 1. The van der Waals surface area contributed by atoms with E-state index in [4.69, 9.17) is 5.73 Å². The van der Waals surface area contributed by atoms with Crippen LogP contribution in [-0.2, 0) is 0 Å². The normalized spacial score (nSPS) is 19.5. The molecule has 0 bridgehead atoms. The minimum absolute atomic E-state index is 0.807. The highest BCUT2D eigenvalue weighted by atomic mass is 15.2. The van der Waals surface area contributed by atoms with Gasteiger partial charge in [-0.2, -0.15) is 0 Å². The molecular weight excluding hydrogens is 126 g/mol. The van der Waals surface area contributed by atoms with E-state index in [2.05, 4.69) is 4.99 Å². The fourth-order valence-electron chi connectivity index (χ4n) is 0.884. The second-order valence-electron chi connectivity index (χ2n) is 2.63. The van der Waals surface area contributed by atoms with Crippen molar-refractivity contribution in [1.82, 2.24) is 4.90 Å². The molecule has 0 saturated carbocycles. The molecule has 0 atom stereocenters. The summed E-state index contributed by atoms with van der Waals surface area (Å²) in [5.41, 5.74) is 7.48. The topological polar surface area (TPSA) is 41.6 Å². The summed E-state index contributed by atoms with van der Waals surface area (Å²) < 4.78 is 0. The van der Waals surface area contributed by atoms with Crippen molar-refractivity contribution >= 4 is 5.84 Å². The van der Waals surface area contributed by atoms with Gasteiger partial charge in [0.2, 0.25) is 0 Å². The first-order valence-corrected chi connectivity index (χ1v) is 3.33. The Bertz CT molecular complexity index is 203. The molecule has 0 unspecified atom stereocenters. The first-order valence-electron chi connectivity index (χ1n) is 3.33. The van der Waals surface area contributed by atoms with E-state index in [0.29, 0.717) is 0 Å². The Kier molecular flexibility index (Phi) is 1.66. The van der Waals surface area contributed by atoms with Gasteiger partial charge in [0.25, 0.3) is 0 Å². The summed E-state index contributed by atoms with van der Waals surface area (Å²) in [7, 11) is 1.98. The molecule has 0 aromatic carbocycles. The Morgan fingerprint density at radius 3 is 2.60 bits per heavy atom. The van der Waals surface area contributed by atoms with Gasteiger partial charge in [-0.3, -0.25) is 0 Å². The molecule has 1 aliphatic rings. The van der Waals surface area contributed by atoms with Gasteiger partial charge in [-0.25, -0.2) is 4.99 Å². The average molecular weight is 139 g/mol. The molecule has 1 rings (SSSR count). The maximum Gasteiger partial charge on any atom is 0.101 e. The van der Waals surface area contributed by atoms with Gasteiger partial charge in [-0.15, -0.1) is 0 Å². The van der Waals surface area contributed by atoms with Crippen molar-refractivity contribution in [2.45, 2.75) is 13.8 Å². The van der Waals surface area contributed by atoms with E-state index in [-0.39, 0.29) is 0 Å². The van der Waals surface area contributed by atoms with Gasteiger partial charge < -0.3 is 10.6 Å². The van der Waals surface area contributed by atoms with Crippen LogP contribution < -0.4 is 5.73 Å². The first-order chi connectivity index (χ1) is 4.61. The van der Waals surface area contributed by atoms with Crippen LogP contribution >= 0.6 is 0 Å². The van der Waals surface area contributed by atoms with Crippen molar-refractivity contribution in [3.05, 3.63) is 11.4 Å². The maximum absolute atomic E-state index is 5.66. The lowest BCUT2D eigenvalue weighted by Crippen LogP contribution is -2.32. The minimum Gasteiger partial charge on any atom is -0.399 e. The first kappa shape index (κ1) is 7.12. The van der Waals surface area contributed by atoms with Crippen LogP contribution in [0.2, 0.25) is 0 Å². The molecule has 0 saturated heterocycles. The zero-order valence-corrected chi connectivity index (χ0v) is 6.68. The van der Waals surface area contributed by atoms with Crippen molar-refractivity contribution in [2.75, 3.05) is 13.6 Å². The minimum atomic E-state index is 0.807. The highest BCUT2D eigenvalue weighted by Gasteiger charge is 2.09. The maximum atomic E-state index is 5.66. The SMILES string of the molecule is CC1=NC(C)=C(N)CN1C. The van der Waals surface area contributed by atoms with Crippen LogP contribution in [0.15, 0.2) is 16.4 Å². The van der Waals surface area contributed by atoms with E-state index >= 15 is 0 Å². The van der Waals surface area contributed by atoms with Crippen LogP contribution in [0.1, 0.15) is 13.8 Å². The summed E-state index contributed by atoms with van der Waals surface area (Å²) in [6, 6.07) is 0. The van der Waals surface area contributed by atoms with E-state index in [0.717, 1.165) is 23.8 Å². The summed E-state index contributed by atoms with van der Waals surface area (Å²) in [4.78, 5) is 6.27. The lowest BCUT2D eigenvalue weighted by molar-refractivity contribution is 0.528. The number of likely N-dealkylation sites (N-methyl/N-ethyl adjacent to an activating group) is 1. The number of amidine groups is 1. The standard InChI is InChI=1S/C7H13N3/c1-5-7(8)4-10(3)6(2)9-5/h4,8H2,1-3H3. The zero-order valence-electron chi connectivity index (χ0n) is 6.68. The van der Waals surface area contributed by atoms with Crippen LogP contribution in [0.3, 0.4) is 0 Å². The lowest BCUT2D eigenvalue weighted by Gasteiger charge is -2.23. The Morgan fingerprint density at radius 2 is 2.10 bits per heavy atom. The number of hydrogen-bond acceptors (Lipinski definition) is 3. The number of allylic oxidation sites excluding steroid dienone is 1. The number of nitrogens with two attached hydrogens (primary N) is 1. The van der Waals surface area contributed by atoms with Crippen LogP contribution in [0.25, 0.3) is 0 Å². The number of nitrogens with zero attached hydrogens (tertiary/aromatic N) is 2. The number of rotatable bonds is 0. The van der Waals surface area contributed by atoms with E-state index in [9.17, 15) is 0 Å². The molecule has 0 aromatic heterocycles. The number of hydrogen-bond donors (Lipinski definition) is 1. The molecule has 0 aliphatic carbocycles. The van der Waals surface area contributed by atoms with Crippen molar-refractivity contribution in [3.63, 3.8) is 0 Å². The molecule has 0 amide bonds. The van der Waals surface area contributed by atoms with Gasteiger partial charge >= 0.3 is 0 Å². The van der Waals surface area contributed by atoms with Gasteiger partial charge in [0, 0.05) is 12.7 Å². The summed E-state index contributed by atoms with van der Waals surface area (Å²) in [5, 5.41) is 0. The lowest BCUT2D eigenvalue weighted by atomic mass is 10.3. The highest BCUT2D eigenvalue weighted by Crippen LogP contribution is 2.08. The quantitative estimate of drug-likeness (QED) is 0.532. The Balaban J connectivity index is 2.88. The largest absolute Gasteiger partial charge is 0.399 e. The fraction of sp³-hybridized carbons (Fsp3) is 0.571. The second kappa shape index (κ2) is 2.33. The molecular formula is C7H13N3. The van der Waals surface area contributed by atoms with Gasteiger partial charge in [-0.05, 0) is 13.8 Å². The average Bonchev–Trinajstić information content (AvgIpc) is 1.84. The molecule has 3 nitrogen and oxygen atoms in total. The predicted octanol–water partition coefficient (Wildman–Crippen LogP) is 0.540. The molecule has 0 aromatic rings. The second-order valence-corrected chi connectivity index (χ2v) is 2.63. The van der Waals surface area contributed by atoms with Crippen molar-refractivity contribution in [3.8, 4) is 0 Å². The molecule has 0 fully saturated rings. The molecule has 1 heterocycles. The third-order valence-electron chi connectivity index (χ3n) is 1.75. The molecule has 3 heteroatoms. The van der Waals surface area contributed by atoms with Crippen LogP contribution in [0, 0.1) is 0 Å². The third kappa shape index (κ3) is 1.12. The summed E-state index contributed by atoms with van der Waals surface area (Å²) >= 11 is 0. The van der Waals surface area contributed by atoms with E-state index in [1.165, 1.54) is 0 Å². The van der Waals surface area contributed by atoms with E-state index in [1.807, 2.05) is 25.8 Å². The van der Waals surface area contributed by atoms with E-state index in [1.54, 1.807) is 0 Å². The molecule has 10 heavy (non-hydrogen) atoms. The van der Waals surface area contributed by atoms with E-state index < -0.39 is 0 Å². The summed E-state index contributed by atoms with van der Waals surface area (Å²) in [6.07, 6.45) is 0. The highest BCUT2D eigenvalue weighted by molar-refractivity contribution is 5.81. The fourth-order valence-corrected chi connectivity index (χ4v) is 0.884. The van der Waals surface area contributed by atoms with Crippen molar-refractivity contribution < 1.29 is 0 Å². The Morgan fingerprint density at radius 1 is 1.50 bits per heavy atom. The molecule has 0 spiro atoms. The van der Waals surface area contributed by atoms with Gasteiger partial charge in [0.05, 0.1) is 12.2 Å². The van der Waals surface area contributed by atoms with Gasteiger partial charge in [-0.1, -0.05) is 0 Å². The Labute approximate surface area is 61.2 Å². The summed E-state index contributed by atoms with van der Waals surface area (Å²) in [6.45, 7) is 4.73. The molecule has 56 valence electrons. The van der Waals surface area contributed by atoms with Crippen LogP contribution in [-0.4, -0.2) is 24.3 Å². The monoisotopic (exact) mass is 139 g/mol. The Hall–Kier alpha value is -0.990. The van der Waals surface area contributed by atoms with Gasteiger partial charge in [0.1, 0.15) is 5.84 Å². The molecule has 0 radical (unpaired) electrons. The van der Waals surface area contributed by atoms with Crippen molar-refractivity contribution in [1.29, 1.82) is 0 Å². The van der Waals surface area contributed by atoms with Crippen LogP contribution in [0.4, 0.5) is 0 Å². The predicted molar refractivity (Wildman–Crippen MR) is 42.6 cm³/mol. The third-order valence-corrected chi connectivity index (χ3v) is 1.75. The smallest absolute Gasteiger partial charge is 0.101 e.